The van der Waals surface area contributed by atoms with Crippen molar-refractivity contribution in [1.82, 2.24) is 16.0 Å². The third kappa shape index (κ3) is 9.56. The fourth-order valence-corrected chi connectivity index (χ4v) is 2.84. The number of carboxylic acids is 2. The van der Waals surface area contributed by atoms with Gasteiger partial charge in [0.1, 0.15) is 17.8 Å². The lowest BCUT2D eigenvalue weighted by atomic mass is 9.98. The predicted molar refractivity (Wildman–Crippen MR) is 116 cm³/mol. The summed E-state index contributed by atoms with van der Waals surface area (Å²) in [6.07, 6.45) is -0.188. The first kappa shape index (κ1) is 27.4. The maximum Gasteiger partial charge on any atom is 0.326 e. The highest BCUT2D eigenvalue weighted by molar-refractivity contribution is 5.94. The topological polar surface area (TPSA) is 208 Å². The van der Waals surface area contributed by atoms with Crippen molar-refractivity contribution in [3.05, 3.63) is 29.8 Å². The molecule has 0 fully saturated rings. The Morgan fingerprint density at radius 3 is 2.12 bits per heavy atom. The van der Waals surface area contributed by atoms with Crippen molar-refractivity contribution in [1.29, 1.82) is 0 Å². The van der Waals surface area contributed by atoms with Gasteiger partial charge in [0.2, 0.25) is 17.7 Å². The van der Waals surface area contributed by atoms with Gasteiger partial charge in [-0.15, -0.1) is 0 Å². The Morgan fingerprint density at radius 1 is 1.00 bits per heavy atom. The number of rotatable bonds is 13. The molecule has 0 aliphatic heterocycles. The number of phenols is 1. The number of aliphatic carboxylic acids is 2. The summed E-state index contributed by atoms with van der Waals surface area (Å²) in [6.45, 7) is 2.78. The van der Waals surface area contributed by atoms with Gasteiger partial charge in [0, 0.05) is 0 Å². The van der Waals surface area contributed by atoms with Gasteiger partial charge in [0.15, 0.2) is 0 Å². The largest absolute Gasteiger partial charge is 0.508 e. The average molecular weight is 466 g/mol. The van der Waals surface area contributed by atoms with E-state index in [-0.39, 0.29) is 12.2 Å². The fourth-order valence-electron chi connectivity index (χ4n) is 2.84. The Balaban J connectivity index is 2.67. The molecule has 0 heterocycles. The van der Waals surface area contributed by atoms with Crippen LogP contribution in [-0.4, -0.2) is 69.7 Å². The van der Waals surface area contributed by atoms with Crippen molar-refractivity contribution in [2.45, 2.75) is 51.2 Å². The second-order valence-electron chi connectivity index (χ2n) is 7.62. The zero-order valence-electron chi connectivity index (χ0n) is 18.4. The molecule has 0 aliphatic rings. The third-order valence-corrected chi connectivity index (χ3v) is 4.96. The van der Waals surface area contributed by atoms with Crippen LogP contribution in [-0.2, 0) is 30.4 Å². The first-order valence-electron chi connectivity index (χ1n) is 10.3. The number of nitrogens with two attached hydrogens (primary N) is 1. The minimum absolute atomic E-state index is 0.0622. The van der Waals surface area contributed by atoms with E-state index in [4.69, 9.17) is 10.8 Å². The van der Waals surface area contributed by atoms with E-state index < -0.39 is 66.7 Å². The van der Waals surface area contributed by atoms with Crippen LogP contribution in [0.15, 0.2) is 24.3 Å². The van der Waals surface area contributed by atoms with Crippen molar-refractivity contribution in [3.8, 4) is 5.75 Å². The second kappa shape index (κ2) is 13.0. The molecular formula is C21H30N4O8. The fraction of sp³-hybridized carbons (Fsp3) is 0.476. The number of benzene rings is 1. The van der Waals surface area contributed by atoms with Gasteiger partial charge in [-0.1, -0.05) is 32.4 Å². The van der Waals surface area contributed by atoms with Crippen molar-refractivity contribution in [2.24, 2.45) is 11.7 Å². The van der Waals surface area contributed by atoms with Crippen LogP contribution < -0.4 is 21.7 Å². The number of carbonyl (C=O) groups is 5. The summed E-state index contributed by atoms with van der Waals surface area (Å²) in [5, 5.41) is 34.4. The van der Waals surface area contributed by atoms with Crippen LogP contribution in [0.3, 0.4) is 0 Å². The summed E-state index contributed by atoms with van der Waals surface area (Å²) in [7, 11) is 0. The minimum Gasteiger partial charge on any atom is -0.508 e. The molecule has 1 rings (SSSR count). The highest BCUT2D eigenvalue weighted by atomic mass is 16.4. The lowest BCUT2D eigenvalue weighted by Crippen LogP contribution is -2.55. The monoisotopic (exact) mass is 466 g/mol. The van der Waals surface area contributed by atoms with Crippen molar-refractivity contribution >= 4 is 29.7 Å². The molecule has 8 N–H and O–H groups in total. The molecule has 0 spiro atoms. The number of hydrogen-bond donors (Lipinski definition) is 7. The van der Waals surface area contributed by atoms with Crippen LogP contribution in [0.5, 0.6) is 5.75 Å². The molecule has 1 aromatic carbocycles. The highest BCUT2D eigenvalue weighted by Crippen LogP contribution is 2.11. The van der Waals surface area contributed by atoms with Gasteiger partial charge in [-0.25, -0.2) is 4.79 Å². The Hall–Kier alpha value is -3.67. The maximum absolute atomic E-state index is 12.4. The van der Waals surface area contributed by atoms with Crippen LogP contribution in [0.2, 0.25) is 0 Å². The summed E-state index contributed by atoms with van der Waals surface area (Å²) in [5.74, 6) is -5.50. The van der Waals surface area contributed by atoms with E-state index in [9.17, 15) is 34.2 Å². The maximum atomic E-state index is 12.4. The molecule has 4 unspecified atom stereocenters. The van der Waals surface area contributed by atoms with E-state index >= 15 is 0 Å². The molecule has 182 valence electrons. The van der Waals surface area contributed by atoms with Gasteiger partial charge in [-0.2, -0.15) is 0 Å². The minimum atomic E-state index is -1.54. The zero-order valence-corrected chi connectivity index (χ0v) is 18.4. The quantitative estimate of drug-likeness (QED) is 0.189. The van der Waals surface area contributed by atoms with Crippen molar-refractivity contribution in [3.63, 3.8) is 0 Å². The molecule has 3 amide bonds. The number of phenolic OH excluding ortho intramolecular Hbond substituents is 1. The van der Waals surface area contributed by atoms with Crippen LogP contribution in [0, 0.1) is 5.92 Å². The molecule has 0 saturated carbocycles. The normalized spacial score (nSPS) is 14.3. The molecule has 33 heavy (non-hydrogen) atoms. The van der Waals surface area contributed by atoms with Crippen molar-refractivity contribution in [2.75, 3.05) is 6.54 Å². The van der Waals surface area contributed by atoms with E-state index in [1.54, 1.807) is 26.0 Å². The Morgan fingerprint density at radius 2 is 1.61 bits per heavy atom. The highest BCUT2D eigenvalue weighted by Gasteiger charge is 2.30. The lowest BCUT2D eigenvalue weighted by molar-refractivity contribution is -0.144. The molecule has 12 heteroatoms. The van der Waals surface area contributed by atoms with E-state index in [0.717, 1.165) is 0 Å². The van der Waals surface area contributed by atoms with Gasteiger partial charge >= 0.3 is 11.9 Å². The molecule has 0 bridgehead atoms. The average Bonchev–Trinajstić information content (AvgIpc) is 2.75. The summed E-state index contributed by atoms with van der Waals surface area (Å²) in [4.78, 5) is 59.3. The SMILES string of the molecule is CCC(C)C(NC(=O)C(CC(=O)O)NC(=O)CNC(=O)C(N)Cc1ccc(O)cc1)C(=O)O. The lowest BCUT2D eigenvalue weighted by Gasteiger charge is -2.23. The Labute approximate surface area is 190 Å². The van der Waals surface area contributed by atoms with E-state index in [0.29, 0.717) is 12.0 Å². The summed E-state index contributed by atoms with van der Waals surface area (Å²) >= 11 is 0. The smallest absolute Gasteiger partial charge is 0.326 e. The summed E-state index contributed by atoms with van der Waals surface area (Å²) in [6, 6.07) is 2.28. The van der Waals surface area contributed by atoms with Gasteiger partial charge in [0.25, 0.3) is 0 Å². The molecule has 4 atom stereocenters. The van der Waals surface area contributed by atoms with Gasteiger partial charge in [-0.05, 0) is 30.0 Å². The summed E-state index contributed by atoms with van der Waals surface area (Å²) in [5.41, 5.74) is 6.50. The number of nitrogens with one attached hydrogen (secondary N) is 3. The molecule has 12 nitrogen and oxygen atoms in total. The van der Waals surface area contributed by atoms with Gasteiger partial charge in [-0.3, -0.25) is 19.2 Å². The molecule has 0 radical (unpaired) electrons. The molecule has 0 saturated heterocycles. The Kier molecular flexibility index (Phi) is 10.8. The van der Waals surface area contributed by atoms with E-state index in [1.165, 1.54) is 12.1 Å². The standard InChI is InChI=1S/C21H30N4O8/c1-3-11(2)18(21(32)33)25-20(31)15(9-17(28)29)24-16(27)10-23-19(30)14(22)8-12-4-6-13(26)7-5-12/h4-7,11,14-15,18,26H,3,8-10,22H2,1-2H3,(H,23,30)(H,24,27)(H,25,31)(H,28,29)(H,32,33). The first-order chi connectivity index (χ1) is 15.4. The number of amides is 3. The number of carbonyl (C=O) groups excluding carboxylic acids is 3. The predicted octanol–water partition coefficient (Wildman–Crippen LogP) is -1.05. The van der Waals surface area contributed by atoms with Crippen LogP contribution in [0.4, 0.5) is 0 Å². The molecular weight excluding hydrogens is 436 g/mol. The second-order valence-corrected chi connectivity index (χ2v) is 7.62. The zero-order chi connectivity index (χ0) is 25.1. The molecule has 0 aromatic heterocycles. The van der Waals surface area contributed by atoms with Crippen LogP contribution >= 0.6 is 0 Å². The van der Waals surface area contributed by atoms with Crippen LogP contribution in [0.1, 0.15) is 32.3 Å². The van der Waals surface area contributed by atoms with E-state index in [1.807, 2.05) is 0 Å². The molecule has 1 aromatic rings. The van der Waals surface area contributed by atoms with E-state index in [2.05, 4.69) is 16.0 Å². The van der Waals surface area contributed by atoms with Gasteiger partial charge < -0.3 is 37.0 Å². The number of hydrogen-bond acceptors (Lipinski definition) is 7. The Bertz CT molecular complexity index is 858. The third-order valence-electron chi connectivity index (χ3n) is 4.96. The summed E-state index contributed by atoms with van der Waals surface area (Å²) < 4.78 is 0. The first-order valence-corrected chi connectivity index (χ1v) is 10.3. The van der Waals surface area contributed by atoms with Crippen molar-refractivity contribution < 1.29 is 39.3 Å². The van der Waals surface area contributed by atoms with Gasteiger partial charge in [0.05, 0.1) is 19.0 Å². The number of carboxylic acid groups (broad SMARTS) is 2. The number of aromatic hydroxyl groups is 1. The molecule has 0 aliphatic carbocycles. The van der Waals surface area contributed by atoms with Crippen LogP contribution in [0.25, 0.3) is 0 Å².